The van der Waals surface area contributed by atoms with Gasteiger partial charge >= 0.3 is 0 Å². The maximum Gasteiger partial charge on any atom is 0.0847 e. The molecule has 0 aromatic heterocycles. The lowest BCUT2D eigenvalue weighted by atomic mass is 11.0. The molecule has 1 aliphatic heterocycles. The monoisotopic (exact) mass is 151 g/mol. The van der Waals surface area contributed by atoms with E-state index in [1.165, 1.54) is 0 Å². The summed E-state index contributed by atoms with van der Waals surface area (Å²) in [6.45, 7) is 0. The maximum atomic E-state index is 4.08. The van der Waals surface area contributed by atoms with Gasteiger partial charge in [-0.1, -0.05) is 12.8 Å². The fourth-order valence-corrected chi connectivity index (χ4v) is 1.67. The fraction of sp³-hybridized carbons (Fsp3) is 0.333. The van der Waals surface area contributed by atoms with E-state index < -0.39 is 0 Å². The summed E-state index contributed by atoms with van der Waals surface area (Å²) in [5, 5.41) is 2.91. The van der Waals surface area contributed by atoms with Crippen LogP contribution in [0, 0.1) is 0 Å². The number of rotatable bonds is 0. The minimum absolute atomic E-state index is 0.919. The number of thioether (sulfide) groups is 1. The zero-order valence-corrected chi connectivity index (χ0v) is 6.14. The van der Waals surface area contributed by atoms with Crippen LogP contribution in [0.3, 0.4) is 0 Å². The highest BCUT2D eigenvalue weighted by Gasteiger charge is 2.05. The molecule has 0 saturated heterocycles. The Kier molecular flexibility index (Phi) is 1.83. The Morgan fingerprint density at radius 3 is 2.71 bits per heavy atom. The van der Waals surface area contributed by atoms with Gasteiger partial charge in [0.15, 0.2) is 0 Å². The lowest BCUT2D eigenvalue weighted by Gasteiger charge is -2.05. The molecule has 4 heteroatoms. The van der Waals surface area contributed by atoms with Crippen molar-refractivity contribution in [2.45, 2.75) is 0 Å². The van der Waals surface area contributed by atoms with Gasteiger partial charge in [-0.15, -0.1) is 24.4 Å². The second-order valence-electron chi connectivity index (χ2n) is 1.17. The third-order valence-electron chi connectivity index (χ3n) is 0.650. The van der Waals surface area contributed by atoms with E-state index in [-0.39, 0.29) is 0 Å². The smallest absolute Gasteiger partial charge is 0.0847 e. The van der Waals surface area contributed by atoms with Gasteiger partial charge in [-0.2, -0.15) is 0 Å². The lowest BCUT2D eigenvalue weighted by molar-refractivity contribution is 0.755. The fourth-order valence-electron chi connectivity index (χ4n) is 0.309. The predicted octanol–water partition coefficient (Wildman–Crippen LogP) is 1.57. The second-order valence-corrected chi connectivity index (χ2v) is 2.94. The zero-order valence-electron chi connectivity index (χ0n) is 3.53. The first-order chi connectivity index (χ1) is 3.30. The van der Waals surface area contributed by atoms with Crippen molar-refractivity contribution < 1.29 is 0 Å². The molecule has 0 amide bonds. The molecule has 0 N–H and O–H groups in total. The molecule has 0 fully saturated rings. The molecular formula is C3H5NS3. The Hall–Kier alpha value is 0.590. The van der Waals surface area contributed by atoms with E-state index in [0.29, 0.717) is 0 Å². The van der Waals surface area contributed by atoms with Crippen molar-refractivity contribution in [1.82, 2.24) is 4.31 Å². The van der Waals surface area contributed by atoms with Crippen molar-refractivity contribution in [3.05, 3.63) is 10.4 Å². The summed E-state index contributed by atoms with van der Waals surface area (Å²) in [5.74, 6) is 0.919. The summed E-state index contributed by atoms with van der Waals surface area (Å²) in [6, 6.07) is 0. The van der Waals surface area contributed by atoms with Gasteiger partial charge in [-0.25, -0.2) is 0 Å². The van der Waals surface area contributed by atoms with E-state index in [1.807, 2.05) is 5.41 Å². The molecule has 0 unspecified atom stereocenters. The molecule has 0 aromatic carbocycles. The molecule has 0 aliphatic carbocycles. The molecule has 1 aliphatic rings. The predicted molar refractivity (Wildman–Crippen MR) is 40.4 cm³/mol. The summed E-state index contributed by atoms with van der Waals surface area (Å²) in [6.07, 6.45) is 0. The van der Waals surface area contributed by atoms with Crippen LogP contribution in [0.15, 0.2) is 10.4 Å². The van der Waals surface area contributed by atoms with Crippen LogP contribution in [-0.4, -0.2) is 10.2 Å². The zero-order chi connectivity index (χ0) is 5.28. The highest BCUT2D eigenvalue weighted by Crippen LogP contribution is 2.26. The summed E-state index contributed by atoms with van der Waals surface area (Å²) >= 11 is 9.83. The third-order valence-corrected chi connectivity index (χ3v) is 2.70. The summed E-state index contributed by atoms with van der Waals surface area (Å²) < 4.78 is 1.79. The third kappa shape index (κ3) is 1.24. The lowest BCUT2D eigenvalue weighted by Crippen LogP contribution is -1.99. The van der Waals surface area contributed by atoms with E-state index in [4.69, 9.17) is 0 Å². The summed E-state index contributed by atoms with van der Waals surface area (Å²) in [7, 11) is 0. The van der Waals surface area contributed by atoms with Gasteiger partial charge in [-0.05, 0) is 0 Å². The van der Waals surface area contributed by atoms with E-state index in [0.717, 1.165) is 10.9 Å². The highest BCUT2D eigenvalue weighted by atomic mass is 32.2. The molecule has 0 bridgehead atoms. The van der Waals surface area contributed by atoms with E-state index in [2.05, 4.69) is 25.4 Å². The topological polar surface area (TPSA) is 3.24 Å². The molecule has 7 heavy (non-hydrogen) atoms. The van der Waals surface area contributed by atoms with Crippen molar-refractivity contribution in [2.75, 3.05) is 5.88 Å². The van der Waals surface area contributed by atoms with Crippen molar-refractivity contribution in [1.29, 1.82) is 0 Å². The largest absolute Gasteiger partial charge is 0.302 e. The van der Waals surface area contributed by atoms with Crippen molar-refractivity contribution in [3.63, 3.8) is 0 Å². The average Bonchev–Trinajstić information content (AvgIpc) is 1.91. The number of thiol groups is 2. The Bertz CT molecular complexity index is 100. The molecular weight excluding hydrogens is 146 g/mol. The molecule has 0 atom stereocenters. The van der Waals surface area contributed by atoms with E-state index in [9.17, 15) is 0 Å². The Morgan fingerprint density at radius 1 is 1.86 bits per heavy atom. The molecule has 1 nitrogen and oxygen atoms in total. The van der Waals surface area contributed by atoms with Crippen LogP contribution in [0.1, 0.15) is 0 Å². The first-order valence-electron chi connectivity index (χ1n) is 1.78. The van der Waals surface area contributed by atoms with Crippen LogP contribution >= 0.6 is 37.2 Å². The van der Waals surface area contributed by atoms with Crippen LogP contribution in [-0.2, 0) is 0 Å². The van der Waals surface area contributed by atoms with E-state index >= 15 is 0 Å². The summed E-state index contributed by atoms with van der Waals surface area (Å²) in [4.78, 5) is 0. The molecule has 0 spiro atoms. The van der Waals surface area contributed by atoms with Crippen molar-refractivity contribution >= 4 is 37.2 Å². The van der Waals surface area contributed by atoms with Gasteiger partial charge < -0.3 is 4.31 Å². The van der Waals surface area contributed by atoms with Crippen LogP contribution in [0.2, 0.25) is 0 Å². The van der Waals surface area contributed by atoms with Crippen LogP contribution in [0.25, 0.3) is 0 Å². The minimum atomic E-state index is 0.919. The molecule has 1 heterocycles. The Labute approximate surface area is 58.1 Å². The van der Waals surface area contributed by atoms with Gasteiger partial charge in [0, 0.05) is 5.41 Å². The quantitative estimate of drug-likeness (QED) is 0.506. The highest BCUT2D eigenvalue weighted by molar-refractivity contribution is 8.04. The number of nitrogens with zero attached hydrogens (tertiary/aromatic N) is 1. The van der Waals surface area contributed by atoms with Gasteiger partial charge in [0.1, 0.15) is 0 Å². The molecule has 1 rings (SSSR count). The number of hydrogen-bond acceptors (Lipinski definition) is 4. The maximum absolute atomic E-state index is 4.08. The molecule has 40 valence electrons. The SMILES string of the molecule is SC1=CSCN1S. The second kappa shape index (κ2) is 2.24. The molecule has 0 aromatic rings. The Balaban J connectivity index is 2.54. The molecule has 0 radical (unpaired) electrons. The van der Waals surface area contributed by atoms with Crippen molar-refractivity contribution in [2.24, 2.45) is 0 Å². The summed E-state index contributed by atoms with van der Waals surface area (Å²) in [5.41, 5.74) is 0. The van der Waals surface area contributed by atoms with Gasteiger partial charge in [0.25, 0.3) is 0 Å². The van der Waals surface area contributed by atoms with Crippen LogP contribution < -0.4 is 0 Å². The van der Waals surface area contributed by atoms with Crippen molar-refractivity contribution in [3.8, 4) is 0 Å². The molecule has 0 saturated carbocycles. The van der Waals surface area contributed by atoms with Gasteiger partial charge in [0.2, 0.25) is 0 Å². The first-order valence-corrected chi connectivity index (χ1v) is 3.67. The number of hydrogen-bond donors (Lipinski definition) is 2. The van der Waals surface area contributed by atoms with Crippen LogP contribution in [0.4, 0.5) is 0 Å². The minimum Gasteiger partial charge on any atom is -0.302 e. The average molecular weight is 151 g/mol. The van der Waals surface area contributed by atoms with Gasteiger partial charge in [0.05, 0.1) is 10.9 Å². The normalized spacial score (nSPS) is 20.3. The standard InChI is InChI=1S/C3H5NS3/c5-3-1-7-2-4(3)6/h1,5-6H,2H2. The Morgan fingerprint density at radius 2 is 2.57 bits per heavy atom. The van der Waals surface area contributed by atoms with Crippen LogP contribution in [0.5, 0.6) is 0 Å². The van der Waals surface area contributed by atoms with E-state index in [1.54, 1.807) is 16.1 Å². The first kappa shape index (κ1) is 5.72. The van der Waals surface area contributed by atoms with Gasteiger partial charge in [-0.3, -0.25) is 0 Å².